The summed E-state index contributed by atoms with van der Waals surface area (Å²) in [6.45, 7) is 3.88. The number of hydrogen-bond donors (Lipinski definition) is 3. The molecule has 3 N–H and O–H groups in total. The van der Waals surface area contributed by atoms with Crippen molar-refractivity contribution in [2.45, 2.75) is 25.9 Å². The van der Waals surface area contributed by atoms with Crippen molar-refractivity contribution in [1.29, 1.82) is 0 Å². The van der Waals surface area contributed by atoms with Crippen molar-refractivity contribution in [2.75, 3.05) is 11.9 Å². The van der Waals surface area contributed by atoms with E-state index in [9.17, 15) is 15.0 Å². The Morgan fingerprint density at radius 3 is 2.62 bits per heavy atom. The second-order valence-electron chi connectivity index (χ2n) is 5.29. The minimum atomic E-state index is -1.73. The van der Waals surface area contributed by atoms with Gasteiger partial charge in [-0.3, -0.25) is 4.79 Å². The summed E-state index contributed by atoms with van der Waals surface area (Å²) in [7, 11) is 0. The van der Waals surface area contributed by atoms with E-state index in [1.807, 2.05) is 0 Å². The van der Waals surface area contributed by atoms with E-state index in [2.05, 4.69) is 5.32 Å². The molecular weight excluding hydrogens is 330 g/mol. The molecule has 0 bridgehead atoms. The molecule has 0 aliphatic heterocycles. The minimum absolute atomic E-state index is 0.0250. The standard InChI is InChI=1S/C18H20ClNO4/c1-3-18(23,12-6-5-7-13(19)10-12)17(22)20-15-9-8-14(21)11-16(15)24-4-2/h5-11,21,23H,3-4H2,1-2H3,(H,20,22)/t18-/m1/s1. The highest BCUT2D eigenvalue weighted by Crippen LogP contribution is 2.33. The van der Waals surface area contributed by atoms with Crippen LogP contribution in [0.1, 0.15) is 25.8 Å². The first kappa shape index (κ1) is 18.1. The Hall–Kier alpha value is -2.24. The molecule has 6 heteroatoms. The number of amides is 1. The number of hydrogen-bond acceptors (Lipinski definition) is 4. The predicted octanol–water partition coefficient (Wildman–Crippen LogP) is 3.68. The monoisotopic (exact) mass is 349 g/mol. The number of rotatable bonds is 6. The molecule has 5 nitrogen and oxygen atoms in total. The van der Waals surface area contributed by atoms with Gasteiger partial charge in [0.15, 0.2) is 5.60 Å². The zero-order chi connectivity index (χ0) is 17.7. The number of carbonyl (C=O) groups is 1. The zero-order valence-electron chi connectivity index (χ0n) is 13.5. The van der Waals surface area contributed by atoms with Crippen LogP contribution in [0.5, 0.6) is 11.5 Å². The van der Waals surface area contributed by atoms with E-state index in [4.69, 9.17) is 16.3 Å². The van der Waals surface area contributed by atoms with Gasteiger partial charge in [-0.05, 0) is 43.2 Å². The quantitative estimate of drug-likeness (QED) is 0.695. The van der Waals surface area contributed by atoms with Crippen molar-refractivity contribution in [3.8, 4) is 11.5 Å². The van der Waals surface area contributed by atoms with Gasteiger partial charge >= 0.3 is 0 Å². The average Bonchev–Trinajstić information content (AvgIpc) is 2.56. The van der Waals surface area contributed by atoms with Crippen LogP contribution in [-0.2, 0) is 10.4 Å². The average molecular weight is 350 g/mol. The highest BCUT2D eigenvalue weighted by atomic mass is 35.5. The molecule has 0 spiro atoms. The van der Waals surface area contributed by atoms with Gasteiger partial charge in [0.05, 0.1) is 12.3 Å². The highest BCUT2D eigenvalue weighted by molar-refractivity contribution is 6.30. The third-order valence-corrected chi connectivity index (χ3v) is 3.94. The lowest BCUT2D eigenvalue weighted by molar-refractivity contribution is -0.135. The number of ether oxygens (including phenoxy) is 1. The van der Waals surface area contributed by atoms with Crippen LogP contribution in [0.15, 0.2) is 42.5 Å². The summed E-state index contributed by atoms with van der Waals surface area (Å²) in [5.41, 5.74) is -0.952. The Morgan fingerprint density at radius 1 is 1.25 bits per heavy atom. The lowest BCUT2D eigenvalue weighted by Gasteiger charge is -2.26. The van der Waals surface area contributed by atoms with Gasteiger partial charge in [-0.2, -0.15) is 0 Å². The molecule has 0 saturated heterocycles. The fraction of sp³-hybridized carbons (Fsp3) is 0.278. The van der Waals surface area contributed by atoms with Crippen LogP contribution in [-0.4, -0.2) is 22.7 Å². The molecule has 0 radical (unpaired) electrons. The molecule has 0 aromatic heterocycles. The molecule has 0 unspecified atom stereocenters. The topological polar surface area (TPSA) is 78.8 Å². The molecule has 0 heterocycles. The summed E-state index contributed by atoms with van der Waals surface area (Å²) in [4.78, 5) is 12.7. The minimum Gasteiger partial charge on any atom is -0.508 e. The highest BCUT2D eigenvalue weighted by Gasteiger charge is 2.36. The van der Waals surface area contributed by atoms with Crippen LogP contribution in [0.25, 0.3) is 0 Å². The first-order chi connectivity index (χ1) is 11.4. The SMILES string of the molecule is CCOc1cc(O)ccc1NC(=O)[C@@](O)(CC)c1cccc(Cl)c1. The lowest BCUT2D eigenvalue weighted by Crippen LogP contribution is -2.39. The van der Waals surface area contributed by atoms with Crippen molar-refractivity contribution >= 4 is 23.2 Å². The number of nitrogens with one attached hydrogen (secondary N) is 1. The summed E-state index contributed by atoms with van der Waals surface area (Å²) in [6, 6.07) is 10.9. The van der Waals surface area contributed by atoms with Gasteiger partial charge in [0.1, 0.15) is 11.5 Å². The molecule has 2 aromatic carbocycles. The van der Waals surface area contributed by atoms with Gasteiger partial charge < -0.3 is 20.3 Å². The molecule has 1 amide bonds. The second kappa shape index (κ2) is 7.55. The van der Waals surface area contributed by atoms with Crippen molar-refractivity contribution < 1.29 is 19.7 Å². The van der Waals surface area contributed by atoms with Gasteiger partial charge in [0, 0.05) is 11.1 Å². The third kappa shape index (κ3) is 3.80. The molecule has 2 rings (SSSR count). The Morgan fingerprint density at radius 2 is 2.00 bits per heavy atom. The molecule has 24 heavy (non-hydrogen) atoms. The molecule has 1 atom stereocenters. The molecule has 128 valence electrons. The van der Waals surface area contributed by atoms with Gasteiger partial charge in [0.25, 0.3) is 5.91 Å². The number of phenolic OH excluding ortho intramolecular Hbond substituents is 1. The number of aromatic hydroxyl groups is 1. The summed E-state index contributed by atoms with van der Waals surface area (Å²) in [5.74, 6) is -0.244. The van der Waals surface area contributed by atoms with E-state index in [-0.39, 0.29) is 12.2 Å². The number of phenols is 1. The molecule has 0 saturated carbocycles. The maximum Gasteiger partial charge on any atom is 0.261 e. The van der Waals surface area contributed by atoms with E-state index < -0.39 is 11.5 Å². The second-order valence-corrected chi connectivity index (χ2v) is 5.73. The first-order valence-corrected chi connectivity index (χ1v) is 8.04. The van der Waals surface area contributed by atoms with E-state index in [0.717, 1.165) is 0 Å². The van der Waals surface area contributed by atoms with Crippen LogP contribution >= 0.6 is 11.6 Å². The Bertz CT molecular complexity index is 735. The normalized spacial score (nSPS) is 13.2. The largest absolute Gasteiger partial charge is 0.508 e. The molecule has 2 aromatic rings. The Kier molecular flexibility index (Phi) is 5.70. The predicted molar refractivity (Wildman–Crippen MR) is 93.5 cm³/mol. The fourth-order valence-corrected chi connectivity index (χ4v) is 2.55. The first-order valence-electron chi connectivity index (χ1n) is 7.66. The number of carbonyl (C=O) groups excluding carboxylic acids is 1. The van der Waals surface area contributed by atoms with Gasteiger partial charge in [-0.25, -0.2) is 0 Å². The van der Waals surface area contributed by atoms with Crippen LogP contribution in [0.4, 0.5) is 5.69 Å². The molecule has 0 aliphatic carbocycles. The van der Waals surface area contributed by atoms with Crippen LogP contribution in [0.3, 0.4) is 0 Å². The summed E-state index contributed by atoms with van der Waals surface area (Å²) in [5, 5.41) is 23.5. The Balaban J connectivity index is 2.33. The summed E-state index contributed by atoms with van der Waals surface area (Å²) < 4.78 is 5.41. The Labute approximate surface area is 145 Å². The lowest BCUT2D eigenvalue weighted by atomic mass is 9.90. The number of halogens is 1. The van der Waals surface area contributed by atoms with Crippen molar-refractivity contribution in [3.05, 3.63) is 53.1 Å². The number of aliphatic hydroxyl groups is 1. The van der Waals surface area contributed by atoms with Crippen LogP contribution < -0.4 is 10.1 Å². The van der Waals surface area contributed by atoms with Crippen LogP contribution in [0.2, 0.25) is 5.02 Å². The van der Waals surface area contributed by atoms with Gasteiger partial charge in [-0.1, -0.05) is 30.7 Å². The fourth-order valence-electron chi connectivity index (χ4n) is 2.36. The summed E-state index contributed by atoms with van der Waals surface area (Å²) >= 11 is 5.97. The zero-order valence-corrected chi connectivity index (χ0v) is 14.3. The van der Waals surface area contributed by atoms with Crippen LogP contribution in [0, 0.1) is 0 Å². The van der Waals surface area contributed by atoms with E-state index in [1.165, 1.54) is 18.2 Å². The van der Waals surface area contributed by atoms with E-state index in [0.29, 0.717) is 28.6 Å². The number of benzene rings is 2. The third-order valence-electron chi connectivity index (χ3n) is 3.70. The summed E-state index contributed by atoms with van der Waals surface area (Å²) in [6.07, 6.45) is 0.168. The number of anilines is 1. The molecular formula is C18H20ClNO4. The van der Waals surface area contributed by atoms with Crippen molar-refractivity contribution in [1.82, 2.24) is 0 Å². The maximum absolute atomic E-state index is 12.7. The smallest absolute Gasteiger partial charge is 0.261 e. The molecule has 0 fully saturated rings. The van der Waals surface area contributed by atoms with Crippen molar-refractivity contribution in [2.24, 2.45) is 0 Å². The van der Waals surface area contributed by atoms with E-state index in [1.54, 1.807) is 38.1 Å². The van der Waals surface area contributed by atoms with E-state index >= 15 is 0 Å². The van der Waals surface area contributed by atoms with Gasteiger partial charge in [-0.15, -0.1) is 0 Å². The van der Waals surface area contributed by atoms with Crippen molar-refractivity contribution in [3.63, 3.8) is 0 Å². The van der Waals surface area contributed by atoms with Gasteiger partial charge in [0.2, 0.25) is 0 Å². The maximum atomic E-state index is 12.7. The molecule has 0 aliphatic rings.